The van der Waals surface area contributed by atoms with Crippen molar-refractivity contribution in [3.8, 4) is 0 Å². The van der Waals surface area contributed by atoms with Crippen LogP contribution in [0.5, 0.6) is 0 Å². The molecule has 0 bridgehead atoms. The Morgan fingerprint density at radius 2 is 2.18 bits per heavy atom. The fourth-order valence-corrected chi connectivity index (χ4v) is 3.72. The average molecular weight is 380 g/mol. The first kappa shape index (κ1) is 18.4. The number of rotatable bonds is 6. The highest BCUT2D eigenvalue weighted by molar-refractivity contribution is 5.91. The highest BCUT2D eigenvalue weighted by Gasteiger charge is 2.29. The van der Waals surface area contributed by atoms with E-state index in [1.807, 2.05) is 35.5 Å². The van der Waals surface area contributed by atoms with Crippen molar-refractivity contribution in [3.63, 3.8) is 0 Å². The van der Waals surface area contributed by atoms with E-state index in [1.165, 1.54) is 0 Å². The monoisotopic (exact) mass is 380 g/mol. The summed E-state index contributed by atoms with van der Waals surface area (Å²) in [6.45, 7) is 2.41. The number of nitrogens with zero attached hydrogens (tertiary/aromatic N) is 4. The van der Waals surface area contributed by atoms with Gasteiger partial charge in [0.1, 0.15) is 18.2 Å². The Kier molecular flexibility index (Phi) is 5.53. The molecule has 3 aromatic rings. The van der Waals surface area contributed by atoms with Gasteiger partial charge in [0.15, 0.2) is 5.76 Å². The molecule has 0 aromatic carbocycles. The molecule has 4 heterocycles. The molecule has 146 valence electrons. The quantitative estimate of drug-likeness (QED) is 0.657. The van der Waals surface area contributed by atoms with Gasteiger partial charge in [0.25, 0.3) is 5.91 Å². The Hall–Kier alpha value is -2.93. The van der Waals surface area contributed by atoms with Gasteiger partial charge in [-0.05, 0) is 37.1 Å². The van der Waals surface area contributed by atoms with E-state index in [4.69, 9.17) is 9.15 Å². The van der Waals surface area contributed by atoms with E-state index in [-0.39, 0.29) is 11.8 Å². The maximum absolute atomic E-state index is 12.9. The lowest BCUT2D eigenvalue weighted by Gasteiger charge is -2.32. The third-order valence-corrected chi connectivity index (χ3v) is 5.04. The number of hydrogen-bond acceptors (Lipinski definition) is 5. The topological polar surface area (TPSA) is 73.4 Å². The molecular formula is C21H24N4O3. The minimum absolute atomic E-state index is 0.0742. The summed E-state index contributed by atoms with van der Waals surface area (Å²) in [4.78, 5) is 23.7. The summed E-state index contributed by atoms with van der Waals surface area (Å²) in [5.41, 5.74) is 0.992. The fraction of sp³-hybridized carbons (Fsp3) is 0.381. The molecule has 3 aromatic heterocycles. The van der Waals surface area contributed by atoms with Crippen LogP contribution in [0.25, 0.3) is 0 Å². The molecule has 1 atom stereocenters. The highest BCUT2D eigenvalue weighted by atomic mass is 16.5. The molecular weight excluding hydrogens is 356 g/mol. The largest absolute Gasteiger partial charge is 0.453 e. The Labute approximate surface area is 164 Å². The predicted molar refractivity (Wildman–Crippen MR) is 103 cm³/mol. The zero-order valence-corrected chi connectivity index (χ0v) is 16.0. The average Bonchev–Trinajstić information content (AvgIpc) is 3.38. The lowest BCUT2D eigenvalue weighted by atomic mass is 9.97. The Morgan fingerprint density at radius 1 is 1.25 bits per heavy atom. The van der Waals surface area contributed by atoms with Gasteiger partial charge in [0.05, 0.1) is 12.2 Å². The van der Waals surface area contributed by atoms with Gasteiger partial charge in [-0.15, -0.1) is 0 Å². The Bertz CT molecular complexity index is 919. The first-order valence-electron chi connectivity index (χ1n) is 9.52. The van der Waals surface area contributed by atoms with Crippen LogP contribution in [0.1, 0.15) is 46.6 Å². The van der Waals surface area contributed by atoms with Gasteiger partial charge >= 0.3 is 0 Å². The lowest BCUT2D eigenvalue weighted by Crippen LogP contribution is -2.39. The number of hydrogen-bond donors (Lipinski definition) is 0. The second kappa shape index (κ2) is 8.39. The fourth-order valence-electron chi connectivity index (χ4n) is 3.72. The van der Waals surface area contributed by atoms with Crippen LogP contribution < -0.4 is 0 Å². The maximum Gasteiger partial charge on any atom is 0.289 e. The maximum atomic E-state index is 12.9. The molecule has 0 unspecified atom stereocenters. The van der Waals surface area contributed by atoms with E-state index in [2.05, 4.69) is 14.5 Å². The van der Waals surface area contributed by atoms with Crippen LogP contribution in [0.2, 0.25) is 0 Å². The summed E-state index contributed by atoms with van der Waals surface area (Å²) in [6, 6.07) is 9.42. The van der Waals surface area contributed by atoms with Gasteiger partial charge in [-0.2, -0.15) is 0 Å². The highest BCUT2D eigenvalue weighted by Crippen LogP contribution is 2.27. The number of methoxy groups -OCH3 is 1. The molecule has 7 heteroatoms. The Balaban J connectivity index is 1.47. The van der Waals surface area contributed by atoms with Crippen molar-refractivity contribution < 1.29 is 13.9 Å². The van der Waals surface area contributed by atoms with Crippen molar-refractivity contribution >= 4 is 5.91 Å². The van der Waals surface area contributed by atoms with Crippen molar-refractivity contribution in [3.05, 3.63) is 72.0 Å². The number of imidazole rings is 1. The van der Waals surface area contributed by atoms with Crippen molar-refractivity contribution in [2.75, 3.05) is 20.2 Å². The molecule has 0 radical (unpaired) electrons. The van der Waals surface area contributed by atoms with Crippen LogP contribution in [0, 0.1) is 0 Å². The SMILES string of the molecule is COCc1ccc(C(=O)N2CCC[C@H](c3nccn3Cc3ccccn3)C2)o1. The number of likely N-dealkylation sites (tertiary alicyclic amines) is 1. The standard InChI is InChI=1S/C21H24N4O3/c1-27-15-18-7-8-19(28-18)21(26)25-11-4-5-16(13-25)20-23-10-12-24(20)14-17-6-2-3-9-22-17/h2-3,6-10,12,16H,4-5,11,13-15H2,1H3/t16-/m0/s1. The zero-order chi connectivity index (χ0) is 19.3. The number of piperidine rings is 1. The van der Waals surface area contributed by atoms with Crippen LogP contribution in [-0.2, 0) is 17.9 Å². The molecule has 1 aliphatic heterocycles. The molecule has 1 saturated heterocycles. The van der Waals surface area contributed by atoms with Gasteiger partial charge in [-0.3, -0.25) is 9.78 Å². The molecule has 0 saturated carbocycles. The predicted octanol–water partition coefficient (Wildman–Crippen LogP) is 3.09. The van der Waals surface area contributed by atoms with E-state index >= 15 is 0 Å². The lowest BCUT2D eigenvalue weighted by molar-refractivity contribution is 0.0664. The number of pyridine rings is 1. The van der Waals surface area contributed by atoms with Crippen LogP contribution in [0.3, 0.4) is 0 Å². The van der Waals surface area contributed by atoms with E-state index in [1.54, 1.807) is 25.4 Å². The number of carbonyl (C=O) groups excluding carboxylic acids is 1. The van der Waals surface area contributed by atoms with Gasteiger partial charge in [-0.25, -0.2) is 4.98 Å². The summed E-state index contributed by atoms with van der Waals surface area (Å²) in [6.07, 6.45) is 7.56. The first-order valence-corrected chi connectivity index (χ1v) is 9.52. The van der Waals surface area contributed by atoms with Crippen LogP contribution in [-0.4, -0.2) is 45.5 Å². The van der Waals surface area contributed by atoms with Crippen molar-refractivity contribution in [1.82, 2.24) is 19.4 Å². The van der Waals surface area contributed by atoms with E-state index < -0.39 is 0 Å². The number of ether oxygens (including phenoxy) is 1. The van der Waals surface area contributed by atoms with Gasteiger partial charge in [0, 0.05) is 44.7 Å². The molecule has 0 aliphatic carbocycles. The normalized spacial score (nSPS) is 17.0. The van der Waals surface area contributed by atoms with Crippen molar-refractivity contribution in [1.29, 1.82) is 0 Å². The summed E-state index contributed by atoms with van der Waals surface area (Å²) < 4.78 is 12.8. The van der Waals surface area contributed by atoms with Gasteiger partial charge < -0.3 is 18.6 Å². The van der Waals surface area contributed by atoms with Crippen LogP contribution >= 0.6 is 0 Å². The summed E-state index contributed by atoms with van der Waals surface area (Å²) in [5.74, 6) is 2.15. The molecule has 0 N–H and O–H groups in total. The zero-order valence-electron chi connectivity index (χ0n) is 16.0. The minimum Gasteiger partial charge on any atom is -0.453 e. The molecule has 1 aliphatic rings. The van der Waals surface area contributed by atoms with E-state index in [9.17, 15) is 4.79 Å². The number of carbonyl (C=O) groups is 1. The molecule has 4 rings (SSSR count). The van der Waals surface area contributed by atoms with Crippen molar-refractivity contribution in [2.45, 2.75) is 31.9 Å². The minimum atomic E-state index is -0.0742. The van der Waals surface area contributed by atoms with Crippen LogP contribution in [0.4, 0.5) is 0 Å². The number of amides is 1. The molecule has 28 heavy (non-hydrogen) atoms. The second-order valence-electron chi connectivity index (χ2n) is 7.02. The Morgan fingerprint density at radius 3 is 3.00 bits per heavy atom. The smallest absolute Gasteiger partial charge is 0.289 e. The summed E-state index contributed by atoms with van der Waals surface area (Å²) in [7, 11) is 1.60. The molecule has 0 spiro atoms. The third kappa shape index (κ3) is 3.99. The van der Waals surface area contributed by atoms with Gasteiger partial charge in [-0.1, -0.05) is 6.07 Å². The second-order valence-corrected chi connectivity index (χ2v) is 7.02. The van der Waals surface area contributed by atoms with Crippen molar-refractivity contribution in [2.24, 2.45) is 0 Å². The number of furan rings is 1. The van der Waals surface area contributed by atoms with Crippen LogP contribution in [0.15, 0.2) is 53.3 Å². The first-order chi connectivity index (χ1) is 13.7. The molecule has 1 amide bonds. The van der Waals surface area contributed by atoms with E-state index in [0.717, 1.165) is 30.9 Å². The van der Waals surface area contributed by atoms with E-state index in [0.29, 0.717) is 31.2 Å². The molecule has 7 nitrogen and oxygen atoms in total. The molecule has 1 fully saturated rings. The third-order valence-electron chi connectivity index (χ3n) is 5.04. The number of aromatic nitrogens is 3. The summed E-state index contributed by atoms with van der Waals surface area (Å²) >= 11 is 0. The van der Waals surface area contributed by atoms with Gasteiger partial charge in [0.2, 0.25) is 0 Å². The summed E-state index contributed by atoms with van der Waals surface area (Å²) in [5, 5.41) is 0.